The molecule has 0 aromatic heterocycles. The Morgan fingerprint density at radius 1 is 1.57 bits per heavy atom. The summed E-state index contributed by atoms with van der Waals surface area (Å²) in [6.07, 6.45) is 6.03. The molecule has 1 N–H and O–H groups in total. The molecule has 0 amide bonds. The molecule has 14 heavy (non-hydrogen) atoms. The first-order valence-electron chi connectivity index (χ1n) is 5.24. The first-order valence-corrected chi connectivity index (χ1v) is 5.24. The Kier molecular flexibility index (Phi) is 4.66. The second kappa shape index (κ2) is 5.81. The number of ether oxygens (including phenoxy) is 1. The van der Waals surface area contributed by atoms with Gasteiger partial charge in [0.1, 0.15) is 0 Å². The lowest BCUT2D eigenvalue weighted by atomic mass is 10.2. The maximum absolute atomic E-state index is 10.6. The van der Waals surface area contributed by atoms with Crippen LogP contribution in [0.2, 0.25) is 0 Å². The van der Waals surface area contributed by atoms with Crippen molar-refractivity contribution in [3.8, 4) is 0 Å². The van der Waals surface area contributed by atoms with E-state index in [0.29, 0.717) is 18.6 Å². The van der Waals surface area contributed by atoms with Crippen LogP contribution in [0.25, 0.3) is 0 Å². The fourth-order valence-corrected chi connectivity index (χ4v) is 1.28. The van der Waals surface area contributed by atoms with Gasteiger partial charge < -0.3 is 9.84 Å². The molecule has 1 aliphatic rings. The van der Waals surface area contributed by atoms with Crippen molar-refractivity contribution in [2.75, 3.05) is 13.2 Å². The molecule has 80 valence electrons. The van der Waals surface area contributed by atoms with Crippen LogP contribution in [0.1, 0.15) is 32.6 Å². The molecule has 1 saturated carbocycles. The van der Waals surface area contributed by atoms with Crippen LogP contribution >= 0.6 is 0 Å². The predicted molar refractivity (Wildman–Crippen MR) is 54.2 cm³/mol. The standard InChI is InChI=1S/C11H18O3/c1-2-10(11(12)13)6-8-14-7-5-9-3-4-9/h6,9H,2-5,7-8H2,1H3,(H,12,13). The van der Waals surface area contributed by atoms with Gasteiger partial charge in [0.15, 0.2) is 0 Å². The Balaban J connectivity index is 2.06. The third-order valence-electron chi connectivity index (χ3n) is 2.47. The van der Waals surface area contributed by atoms with Gasteiger partial charge in [-0.2, -0.15) is 0 Å². The zero-order valence-corrected chi connectivity index (χ0v) is 8.66. The molecule has 0 heterocycles. The van der Waals surface area contributed by atoms with Crippen LogP contribution in [0.3, 0.4) is 0 Å². The topological polar surface area (TPSA) is 46.5 Å². The van der Waals surface area contributed by atoms with Gasteiger partial charge in [-0.3, -0.25) is 0 Å². The number of hydrogen-bond donors (Lipinski definition) is 1. The summed E-state index contributed by atoms with van der Waals surface area (Å²) in [5.74, 6) is 0.0439. The second-order valence-electron chi connectivity index (χ2n) is 3.70. The monoisotopic (exact) mass is 198 g/mol. The molecule has 1 aliphatic carbocycles. The van der Waals surface area contributed by atoms with Crippen LogP contribution < -0.4 is 0 Å². The highest BCUT2D eigenvalue weighted by Gasteiger charge is 2.20. The molecule has 0 saturated heterocycles. The summed E-state index contributed by atoms with van der Waals surface area (Å²) >= 11 is 0. The van der Waals surface area contributed by atoms with Gasteiger partial charge in [0.25, 0.3) is 0 Å². The largest absolute Gasteiger partial charge is 0.478 e. The number of aliphatic carboxylic acids is 1. The van der Waals surface area contributed by atoms with Crippen molar-refractivity contribution < 1.29 is 14.6 Å². The predicted octanol–water partition coefficient (Wildman–Crippen LogP) is 2.22. The minimum Gasteiger partial charge on any atom is -0.478 e. The average Bonchev–Trinajstić information content (AvgIpc) is 2.94. The van der Waals surface area contributed by atoms with Gasteiger partial charge in [-0.05, 0) is 24.8 Å². The molecule has 0 spiro atoms. The molecular formula is C11H18O3. The summed E-state index contributed by atoms with van der Waals surface area (Å²) in [5, 5.41) is 8.70. The lowest BCUT2D eigenvalue weighted by Crippen LogP contribution is -2.02. The summed E-state index contributed by atoms with van der Waals surface area (Å²) in [6.45, 7) is 3.03. The van der Waals surface area contributed by atoms with Crippen LogP contribution in [0.15, 0.2) is 11.6 Å². The van der Waals surface area contributed by atoms with Gasteiger partial charge in [-0.1, -0.05) is 19.8 Å². The third kappa shape index (κ3) is 4.42. The van der Waals surface area contributed by atoms with Crippen molar-refractivity contribution in [2.45, 2.75) is 32.6 Å². The number of rotatable bonds is 7. The van der Waals surface area contributed by atoms with E-state index in [4.69, 9.17) is 9.84 Å². The maximum Gasteiger partial charge on any atom is 0.331 e. The Hall–Kier alpha value is -0.830. The van der Waals surface area contributed by atoms with E-state index in [1.54, 1.807) is 6.08 Å². The van der Waals surface area contributed by atoms with Crippen molar-refractivity contribution >= 4 is 5.97 Å². The molecule has 1 fully saturated rings. The molecule has 3 nitrogen and oxygen atoms in total. The molecule has 0 unspecified atom stereocenters. The van der Waals surface area contributed by atoms with Gasteiger partial charge in [-0.15, -0.1) is 0 Å². The van der Waals surface area contributed by atoms with E-state index in [2.05, 4.69) is 0 Å². The Morgan fingerprint density at radius 2 is 2.29 bits per heavy atom. The van der Waals surface area contributed by atoms with Gasteiger partial charge in [0, 0.05) is 12.2 Å². The summed E-state index contributed by atoms with van der Waals surface area (Å²) < 4.78 is 5.33. The van der Waals surface area contributed by atoms with Crippen LogP contribution in [-0.4, -0.2) is 24.3 Å². The van der Waals surface area contributed by atoms with E-state index < -0.39 is 5.97 Å². The Labute approximate surface area is 84.8 Å². The maximum atomic E-state index is 10.6. The molecule has 0 bridgehead atoms. The highest BCUT2D eigenvalue weighted by molar-refractivity contribution is 5.86. The van der Waals surface area contributed by atoms with Crippen molar-refractivity contribution in [1.29, 1.82) is 0 Å². The van der Waals surface area contributed by atoms with Crippen LogP contribution in [0.5, 0.6) is 0 Å². The molecule has 0 radical (unpaired) electrons. The van der Waals surface area contributed by atoms with Gasteiger partial charge in [0.05, 0.1) is 6.61 Å². The zero-order chi connectivity index (χ0) is 10.4. The van der Waals surface area contributed by atoms with Crippen molar-refractivity contribution in [1.82, 2.24) is 0 Å². The molecule has 0 atom stereocenters. The molecule has 0 aliphatic heterocycles. The summed E-state index contributed by atoms with van der Waals surface area (Å²) in [4.78, 5) is 10.6. The van der Waals surface area contributed by atoms with Gasteiger partial charge in [-0.25, -0.2) is 4.79 Å². The van der Waals surface area contributed by atoms with E-state index in [-0.39, 0.29) is 0 Å². The highest BCUT2D eigenvalue weighted by atomic mass is 16.5. The SMILES string of the molecule is CCC(=CCOCCC1CC1)C(=O)O. The van der Waals surface area contributed by atoms with Crippen LogP contribution in [-0.2, 0) is 9.53 Å². The van der Waals surface area contributed by atoms with E-state index in [1.807, 2.05) is 6.92 Å². The van der Waals surface area contributed by atoms with Crippen LogP contribution in [0.4, 0.5) is 0 Å². The molecule has 1 rings (SSSR count). The normalized spacial score (nSPS) is 17.1. The van der Waals surface area contributed by atoms with E-state index in [1.165, 1.54) is 12.8 Å². The smallest absolute Gasteiger partial charge is 0.331 e. The summed E-state index contributed by atoms with van der Waals surface area (Å²) in [6, 6.07) is 0. The van der Waals surface area contributed by atoms with Gasteiger partial charge in [0.2, 0.25) is 0 Å². The van der Waals surface area contributed by atoms with E-state index >= 15 is 0 Å². The highest BCUT2D eigenvalue weighted by Crippen LogP contribution is 2.31. The minimum atomic E-state index is -0.835. The van der Waals surface area contributed by atoms with Gasteiger partial charge >= 0.3 is 5.97 Å². The summed E-state index contributed by atoms with van der Waals surface area (Å²) in [5.41, 5.74) is 0.441. The Morgan fingerprint density at radius 3 is 2.79 bits per heavy atom. The molecule has 0 aromatic rings. The number of carboxylic acid groups (broad SMARTS) is 1. The van der Waals surface area contributed by atoms with Crippen molar-refractivity contribution in [3.63, 3.8) is 0 Å². The quantitative estimate of drug-likeness (QED) is 0.504. The fraction of sp³-hybridized carbons (Fsp3) is 0.727. The lowest BCUT2D eigenvalue weighted by molar-refractivity contribution is -0.132. The Bertz CT molecular complexity index is 217. The fourth-order valence-electron chi connectivity index (χ4n) is 1.28. The molecule has 3 heteroatoms. The number of carboxylic acids is 1. The first kappa shape index (κ1) is 11.2. The number of carbonyl (C=O) groups is 1. The van der Waals surface area contributed by atoms with Crippen molar-refractivity contribution in [3.05, 3.63) is 11.6 Å². The molecular weight excluding hydrogens is 180 g/mol. The second-order valence-corrected chi connectivity index (χ2v) is 3.70. The summed E-state index contributed by atoms with van der Waals surface area (Å²) in [7, 11) is 0. The average molecular weight is 198 g/mol. The minimum absolute atomic E-state index is 0.433. The number of hydrogen-bond acceptors (Lipinski definition) is 2. The zero-order valence-electron chi connectivity index (χ0n) is 8.66. The van der Waals surface area contributed by atoms with E-state index in [0.717, 1.165) is 18.9 Å². The molecule has 0 aromatic carbocycles. The van der Waals surface area contributed by atoms with E-state index in [9.17, 15) is 4.79 Å². The lowest BCUT2D eigenvalue weighted by Gasteiger charge is -2.01. The third-order valence-corrected chi connectivity index (χ3v) is 2.47. The first-order chi connectivity index (χ1) is 6.74. The van der Waals surface area contributed by atoms with Crippen molar-refractivity contribution in [2.24, 2.45) is 5.92 Å². The van der Waals surface area contributed by atoms with Crippen LogP contribution in [0, 0.1) is 5.92 Å².